The van der Waals surface area contributed by atoms with Gasteiger partial charge in [0.2, 0.25) is 0 Å². The van der Waals surface area contributed by atoms with E-state index in [0.717, 1.165) is 0 Å². The molecule has 0 bridgehead atoms. The lowest BCUT2D eigenvalue weighted by Gasteiger charge is -2.02. The molecule has 10 heteroatoms. The van der Waals surface area contributed by atoms with Crippen LogP contribution in [0.5, 0.6) is 0 Å². The zero-order valence-corrected chi connectivity index (χ0v) is 10.5. The first-order valence-electron chi connectivity index (χ1n) is 4.77. The maximum Gasteiger partial charge on any atom is 0.492 e. The number of rotatable bonds is 4. The summed E-state index contributed by atoms with van der Waals surface area (Å²) < 4.78 is 1.60. The highest BCUT2D eigenvalue weighted by atomic mass is 79.9. The molecule has 0 radical (unpaired) electrons. The molecular weight excluding hydrogens is 306 g/mol. The summed E-state index contributed by atoms with van der Waals surface area (Å²) in [6.07, 6.45) is 0. The number of nitro groups is 1. The topological polar surface area (TPSA) is 125 Å². The Kier molecular flexibility index (Phi) is 3.48. The molecule has 0 amide bonds. The summed E-state index contributed by atoms with van der Waals surface area (Å²) in [5.41, 5.74) is 3.06. The molecule has 0 fully saturated rings. The number of nitrogens with zero attached hydrogens (tertiary/aromatic N) is 5. The molecule has 94 valence electrons. The zero-order chi connectivity index (χ0) is 13.1. The van der Waals surface area contributed by atoms with Crippen LogP contribution in [0.1, 0.15) is 5.69 Å². The quantitative estimate of drug-likeness (QED) is 0.483. The third-order valence-corrected chi connectivity index (χ3v) is 2.63. The summed E-state index contributed by atoms with van der Waals surface area (Å²) in [4.78, 5) is 17.7. The molecule has 18 heavy (non-hydrogen) atoms. The molecule has 9 nitrogen and oxygen atoms in total. The molecule has 0 aromatic carbocycles. The predicted molar refractivity (Wildman–Crippen MR) is 65.5 cm³/mol. The van der Waals surface area contributed by atoms with Crippen LogP contribution in [0.4, 0.5) is 11.8 Å². The van der Waals surface area contributed by atoms with Gasteiger partial charge in [0.25, 0.3) is 4.73 Å². The second-order valence-corrected chi connectivity index (χ2v) is 3.96. The Bertz CT molecular complexity index is 585. The maximum atomic E-state index is 10.5. The second-order valence-electron chi connectivity index (χ2n) is 3.25. The first-order valence-corrected chi connectivity index (χ1v) is 5.56. The standard InChI is InChI=1S/C8H8BrN7O2/c9-7-12-8(16(17)18)14-15(7)4-5-2-1-3-6(11-5)13-10/h1-3H,4,10H2,(H,11,13). The Hall–Kier alpha value is -2.07. The van der Waals surface area contributed by atoms with E-state index in [4.69, 9.17) is 5.84 Å². The van der Waals surface area contributed by atoms with Crippen molar-refractivity contribution in [2.75, 3.05) is 5.43 Å². The number of aromatic nitrogens is 4. The molecule has 2 aromatic rings. The van der Waals surface area contributed by atoms with Crippen LogP contribution >= 0.6 is 15.9 Å². The van der Waals surface area contributed by atoms with Crippen molar-refractivity contribution < 1.29 is 4.92 Å². The Balaban J connectivity index is 2.25. The van der Waals surface area contributed by atoms with Gasteiger partial charge < -0.3 is 15.5 Å². The minimum Gasteiger partial charge on any atom is -0.390 e. The lowest BCUT2D eigenvalue weighted by molar-refractivity contribution is -0.394. The lowest BCUT2D eigenvalue weighted by atomic mass is 10.3. The monoisotopic (exact) mass is 313 g/mol. The fraction of sp³-hybridized carbons (Fsp3) is 0.125. The van der Waals surface area contributed by atoms with E-state index in [1.165, 1.54) is 4.68 Å². The van der Waals surface area contributed by atoms with Gasteiger partial charge in [-0.1, -0.05) is 6.07 Å². The molecule has 0 spiro atoms. The van der Waals surface area contributed by atoms with Gasteiger partial charge in [-0.3, -0.25) is 0 Å². The summed E-state index contributed by atoms with van der Waals surface area (Å²) in [6, 6.07) is 5.21. The molecule has 0 aliphatic heterocycles. The van der Waals surface area contributed by atoms with Crippen LogP contribution in [0, 0.1) is 10.1 Å². The van der Waals surface area contributed by atoms with Crippen molar-refractivity contribution in [3.63, 3.8) is 0 Å². The minimum atomic E-state index is -0.660. The van der Waals surface area contributed by atoms with E-state index in [1.807, 2.05) is 0 Å². The first-order chi connectivity index (χ1) is 8.60. The summed E-state index contributed by atoms with van der Waals surface area (Å²) in [5.74, 6) is 5.28. The minimum absolute atomic E-state index is 0.247. The summed E-state index contributed by atoms with van der Waals surface area (Å²) in [6.45, 7) is 0.247. The second kappa shape index (κ2) is 5.06. The van der Waals surface area contributed by atoms with Crippen LogP contribution in [-0.4, -0.2) is 24.7 Å². The Morgan fingerprint density at radius 1 is 1.50 bits per heavy atom. The molecule has 0 unspecified atom stereocenters. The number of anilines is 1. The van der Waals surface area contributed by atoms with Crippen LogP contribution in [0.25, 0.3) is 0 Å². The van der Waals surface area contributed by atoms with Crippen molar-refractivity contribution in [3.05, 3.63) is 38.7 Å². The third-order valence-electron chi connectivity index (χ3n) is 2.05. The van der Waals surface area contributed by atoms with Crippen molar-refractivity contribution in [2.45, 2.75) is 6.54 Å². The molecule has 3 N–H and O–H groups in total. The van der Waals surface area contributed by atoms with Gasteiger partial charge in [0.1, 0.15) is 12.4 Å². The van der Waals surface area contributed by atoms with E-state index in [1.54, 1.807) is 18.2 Å². The summed E-state index contributed by atoms with van der Waals surface area (Å²) in [7, 11) is 0. The number of hydrogen-bond acceptors (Lipinski definition) is 7. The average Bonchev–Trinajstić information content (AvgIpc) is 2.71. The van der Waals surface area contributed by atoms with E-state index < -0.39 is 10.9 Å². The molecule has 2 heterocycles. The van der Waals surface area contributed by atoms with Crippen LogP contribution in [0.2, 0.25) is 0 Å². The number of hydrazine groups is 1. The van der Waals surface area contributed by atoms with E-state index in [0.29, 0.717) is 11.5 Å². The number of nitrogens with one attached hydrogen (secondary N) is 1. The van der Waals surface area contributed by atoms with E-state index >= 15 is 0 Å². The van der Waals surface area contributed by atoms with E-state index in [-0.39, 0.29) is 11.3 Å². The Labute approximate surface area is 109 Å². The van der Waals surface area contributed by atoms with Gasteiger partial charge in [-0.2, -0.15) is 4.68 Å². The maximum absolute atomic E-state index is 10.5. The van der Waals surface area contributed by atoms with Gasteiger partial charge in [0.15, 0.2) is 0 Å². The van der Waals surface area contributed by atoms with Crippen molar-refractivity contribution in [2.24, 2.45) is 5.84 Å². The Morgan fingerprint density at radius 3 is 2.89 bits per heavy atom. The van der Waals surface area contributed by atoms with Gasteiger partial charge in [-0.25, -0.2) is 10.8 Å². The number of halogens is 1. The zero-order valence-electron chi connectivity index (χ0n) is 8.95. The fourth-order valence-corrected chi connectivity index (χ4v) is 1.65. The highest BCUT2D eigenvalue weighted by Crippen LogP contribution is 2.14. The van der Waals surface area contributed by atoms with Crippen LogP contribution < -0.4 is 11.3 Å². The molecule has 0 aliphatic rings. The largest absolute Gasteiger partial charge is 0.492 e. The highest BCUT2D eigenvalue weighted by Gasteiger charge is 2.19. The molecule has 2 rings (SSSR count). The fourth-order valence-electron chi connectivity index (χ4n) is 1.29. The summed E-state index contributed by atoms with van der Waals surface area (Å²) >= 11 is 3.10. The molecule has 0 saturated carbocycles. The average molecular weight is 314 g/mol. The molecule has 0 atom stereocenters. The number of nitrogen functional groups attached to an aromatic ring is 1. The van der Waals surface area contributed by atoms with Gasteiger partial charge >= 0.3 is 5.95 Å². The van der Waals surface area contributed by atoms with Crippen molar-refractivity contribution in [1.29, 1.82) is 0 Å². The summed E-state index contributed by atoms with van der Waals surface area (Å²) in [5, 5.41) is 14.3. The van der Waals surface area contributed by atoms with E-state index in [2.05, 4.69) is 36.4 Å². The van der Waals surface area contributed by atoms with Gasteiger partial charge in [0, 0.05) is 21.0 Å². The van der Waals surface area contributed by atoms with Gasteiger partial charge in [-0.05, 0) is 22.0 Å². The van der Waals surface area contributed by atoms with Crippen molar-refractivity contribution >= 4 is 27.7 Å². The van der Waals surface area contributed by atoms with Crippen LogP contribution in [0.3, 0.4) is 0 Å². The van der Waals surface area contributed by atoms with Crippen molar-refractivity contribution in [1.82, 2.24) is 19.7 Å². The SMILES string of the molecule is NNc1cccc(Cn2nc([N+](=O)[O-])nc2Br)n1. The van der Waals surface area contributed by atoms with Gasteiger partial charge in [-0.15, -0.1) is 0 Å². The van der Waals surface area contributed by atoms with Crippen LogP contribution in [0.15, 0.2) is 22.9 Å². The molecular formula is C8H8BrN7O2. The number of pyridine rings is 1. The molecule has 2 aromatic heterocycles. The third kappa shape index (κ3) is 2.60. The van der Waals surface area contributed by atoms with Crippen molar-refractivity contribution in [3.8, 4) is 0 Å². The molecule has 0 saturated heterocycles. The smallest absolute Gasteiger partial charge is 0.390 e. The highest BCUT2D eigenvalue weighted by molar-refractivity contribution is 9.10. The predicted octanol–water partition coefficient (Wildman–Crippen LogP) is 0.678. The number of nitrogens with two attached hydrogens (primary N) is 1. The first kappa shape index (κ1) is 12.4. The number of hydrogen-bond donors (Lipinski definition) is 2. The normalized spacial score (nSPS) is 10.3. The van der Waals surface area contributed by atoms with Gasteiger partial charge in [0.05, 0.1) is 5.69 Å². The lowest BCUT2D eigenvalue weighted by Crippen LogP contribution is -2.11. The van der Waals surface area contributed by atoms with Crippen LogP contribution in [-0.2, 0) is 6.54 Å². The van der Waals surface area contributed by atoms with E-state index in [9.17, 15) is 10.1 Å². The Morgan fingerprint density at radius 2 is 2.28 bits per heavy atom. The molecule has 0 aliphatic carbocycles.